The number of rotatable bonds is 5. The minimum atomic E-state index is -0.490. The molecule has 0 saturated carbocycles. The van der Waals surface area contributed by atoms with Crippen LogP contribution < -0.4 is 14.8 Å². The third-order valence-corrected chi connectivity index (χ3v) is 5.03. The third-order valence-electron chi connectivity index (χ3n) is 4.73. The second-order valence-corrected chi connectivity index (χ2v) is 7.03. The summed E-state index contributed by atoms with van der Waals surface area (Å²) in [6.07, 6.45) is 0. The van der Waals surface area contributed by atoms with Crippen molar-refractivity contribution < 1.29 is 23.2 Å². The molecule has 1 amide bonds. The average molecular weight is 442 g/mol. The van der Waals surface area contributed by atoms with E-state index >= 15 is 0 Å². The van der Waals surface area contributed by atoms with Gasteiger partial charge in [-0.15, -0.1) is 0 Å². The van der Waals surface area contributed by atoms with Gasteiger partial charge >= 0.3 is 0 Å². The minimum absolute atomic E-state index is 0.128. The van der Waals surface area contributed by atoms with Gasteiger partial charge in [-0.2, -0.15) is 0 Å². The van der Waals surface area contributed by atoms with Crippen LogP contribution in [0, 0.1) is 12.7 Å². The first kappa shape index (κ1) is 20.6. The zero-order chi connectivity index (χ0) is 22.1. The standard InChI is InChI=1S/C22H17ClFN3O4/c1-11-20-13(21(28)25-17-9-14(23)18(29-2)10-19(17)30-3)8-16(26-22(20)31-27-11)12-6-4-5-7-15(12)24/h4-10H,1-3H3,(H,25,28). The number of anilines is 1. The van der Waals surface area contributed by atoms with E-state index in [2.05, 4.69) is 15.5 Å². The molecule has 0 atom stereocenters. The maximum atomic E-state index is 14.3. The summed E-state index contributed by atoms with van der Waals surface area (Å²) in [7, 11) is 2.94. The fourth-order valence-corrected chi connectivity index (χ4v) is 3.47. The van der Waals surface area contributed by atoms with Gasteiger partial charge in [0.05, 0.1) is 47.3 Å². The first-order valence-corrected chi connectivity index (χ1v) is 9.55. The Kier molecular flexibility index (Phi) is 5.48. The second-order valence-electron chi connectivity index (χ2n) is 6.62. The molecule has 0 aliphatic carbocycles. The summed E-state index contributed by atoms with van der Waals surface area (Å²) in [5, 5.41) is 7.40. The van der Waals surface area contributed by atoms with E-state index in [1.807, 2.05) is 0 Å². The highest BCUT2D eigenvalue weighted by Crippen LogP contribution is 2.37. The van der Waals surface area contributed by atoms with E-state index in [9.17, 15) is 9.18 Å². The van der Waals surface area contributed by atoms with Crippen molar-refractivity contribution in [2.45, 2.75) is 6.92 Å². The van der Waals surface area contributed by atoms with Gasteiger partial charge in [0, 0.05) is 11.6 Å². The third kappa shape index (κ3) is 3.77. The Hall–Kier alpha value is -3.65. The number of nitrogens with one attached hydrogen (secondary N) is 1. The maximum absolute atomic E-state index is 14.3. The number of aromatic nitrogens is 2. The molecule has 158 valence electrons. The first-order chi connectivity index (χ1) is 14.9. The van der Waals surface area contributed by atoms with Crippen molar-refractivity contribution in [3.8, 4) is 22.8 Å². The normalized spacial score (nSPS) is 10.9. The van der Waals surface area contributed by atoms with Crippen molar-refractivity contribution in [2.75, 3.05) is 19.5 Å². The Balaban J connectivity index is 1.82. The Labute approximate surface area is 181 Å². The molecule has 0 bridgehead atoms. The van der Waals surface area contributed by atoms with Crippen LogP contribution in [0.5, 0.6) is 11.5 Å². The molecule has 31 heavy (non-hydrogen) atoms. The van der Waals surface area contributed by atoms with Gasteiger partial charge in [0.1, 0.15) is 17.3 Å². The van der Waals surface area contributed by atoms with Crippen molar-refractivity contribution in [3.05, 3.63) is 64.6 Å². The highest BCUT2D eigenvalue weighted by atomic mass is 35.5. The molecule has 0 spiro atoms. The fourth-order valence-electron chi connectivity index (χ4n) is 3.23. The molecular formula is C22H17ClFN3O4. The molecule has 2 aromatic heterocycles. The number of halogens is 2. The molecule has 0 aliphatic rings. The number of carbonyl (C=O) groups excluding carboxylic acids is 1. The van der Waals surface area contributed by atoms with Gasteiger partial charge < -0.3 is 19.3 Å². The predicted molar refractivity (Wildman–Crippen MR) is 114 cm³/mol. The van der Waals surface area contributed by atoms with Crippen LogP contribution in [0.15, 0.2) is 47.0 Å². The van der Waals surface area contributed by atoms with E-state index < -0.39 is 11.7 Å². The molecule has 4 rings (SSSR count). The van der Waals surface area contributed by atoms with Gasteiger partial charge in [-0.05, 0) is 31.2 Å². The lowest BCUT2D eigenvalue weighted by Gasteiger charge is -2.14. The van der Waals surface area contributed by atoms with Crippen molar-refractivity contribution in [3.63, 3.8) is 0 Å². The monoisotopic (exact) mass is 441 g/mol. The van der Waals surface area contributed by atoms with E-state index in [0.29, 0.717) is 33.3 Å². The van der Waals surface area contributed by atoms with Gasteiger partial charge in [-0.3, -0.25) is 4.79 Å². The van der Waals surface area contributed by atoms with Gasteiger partial charge in [0.15, 0.2) is 0 Å². The SMILES string of the molecule is COc1cc(OC)c(NC(=O)c2cc(-c3ccccc3F)nc3onc(C)c23)cc1Cl. The molecule has 2 heterocycles. The summed E-state index contributed by atoms with van der Waals surface area (Å²) in [5.41, 5.74) is 1.64. The quantitative estimate of drug-likeness (QED) is 0.454. The number of hydrogen-bond donors (Lipinski definition) is 1. The Morgan fingerprint density at radius 1 is 1.13 bits per heavy atom. The number of carbonyl (C=O) groups is 1. The molecule has 0 unspecified atom stereocenters. The van der Waals surface area contributed by atoms with Crippen LogP contribution in [0.1, 0.15) is 16.1 Å². The Bertz CT molecular complexity index is 1310. The zero-order valence-corrected chi connectivity index (χ0v) is 17.6. The number of fused-ring (bicyclic) bond motifs is 1. The summed E-state index contributed by atoms with van der Waals surface area (Å²) in [5.74, 6) is -0.202. The molecular weight excluding hydrogens is 425 g/mol. The van der Waals surface area contributed by atoms with Gasteiger partial charge in [0.2, 0.25) is 0 Å². The second kappa shape index (κ2) is 8.23. The van der Waals surface area contributed by atoms with Gasteiger partial charge in [-0.25, -0.2) is 9.37 Å². The number of methoxy groups -OCH3 is 2. The Morgan fingerprint density at radius 2 is 1.87 bits per heavy atom. The smallest absolute Gasteiger partial charge is 0.259 e. The van der Waals surface area contributed by atoms with Crippen LogP contribution in [0.25, 0.3) is 22.4 Å². The lowest BCUT2D eigenvalue weighted by molar-refractivity contribution is 0.102. The number of amides is 1. The zero-order valence-electron chi connectivity index (χ0n) is 16.8. The van der Waals surface area contributed by atoms with Crippen LogP contribution in [0.2, 0.25) is 5.02 Å². The van der Waals surface area contributed by atoms with Crippen LogP contribution in [0.3, 0.4) is 0 Å². The molecule has 0 radical (unpaired) electrons. The van der Waals surface area contributed by atoms with Crippen LogP contribution >= 0.6 is 11.6 Å². The molecule has 9 heteroatoms. The van der Waals surface area contributed by atoms with E-state index in [1.165, 1.54) is 32.4 Å². The van der Waals surface area contributed by atoms with Crippen LogP contribution in [-0.2, 0) is 0 Å². The first-order valence-electron chi connectivity index (χ1n) is 9.17. The molecule has 0 saturated heterocycles. The molecule has 1 N–H and O–H groups in total. The summed E-state index contributed by atoms with van der Waals surface area (Å²) < 4.78 is 30.1. The van der Waals surface area contributed by atoms with E-state index in [-0.39, 0.29) is 22.5 Å². The summed E-state index contributed by atoms with van der Waals surface area (Å²) in [6, 6.07) is 10.7. The van der Waals surface area contributed by atoms with E-state index in [1.54, 1.807) is 31.2 Å². The molecule has 2 aromatic carbocycles. The van der Waals surface area contributed by atoms with Gasteiger partial charge in [0.25, 0.3) is 11.6 Å². The van der Waals surface area contributed by atoms with Crippen molar-refractivity contribution in [2.24, 2.45) is 0 Å². The van der Waals surface area contributed by atoms with E-state index in [4.69, 9.17) is 25.6 Å². The number of ether oxygens (including phenoxy) is 2. The lowest BCUT2D eigenvalue weighted by atomic mass is 10.0. The summed E-state index contributed by atoms with van der Waals surface area (Å²) in [6.45, 7) is 1.69. The van der Waals surface area contributed by atoms with Gasteiger partial charge in [-0.1, -0.05) is 28.9 Å². The van der Waals surface area contributed by atoms with Crippen LogP contribution in [-0.4, -0.2) is 30.3 Å². The summed E-state index contributed by atoms with van der Waals surface area (Å²) in [4.78, 5) is 17.6. The average Bonchev–Trinajstić information content (AvgIpc) is 3.14. The number of benzene rings is 2. The van der Waals surface area contributed by atoms with E-state index in [0.717, 1.165) is 0 Å². The Morgan fingerprint density at radius 3 is 2.58 bits per heavy atom. The maximum Gasteiger partial charge on any atom is 0.259 e. The number of nitrogens with zero attached hydrogens (tertiary/aromatic N) is 2. The largest absolute Gasteiger partial charge is 0.495 e. The van der Waals surface area contributed by atoms with Crippen molar-refractivity contribution in [1.82, 2.24) is 10.1 Å². The van der Waals surface area contributed by atoms with Crippen LogP contribution in [0.4, 0.5) is 10.1 Å². The molecule has 4 aromatic rings. The predicted octanol–water partition coefficient (Wildman–Crippen LogP) is 5.26. The topological polar surface area (TPSA) is 86.5 Å². The minimum Gasteiger partial charge on any atom is -0.495 e. The molecule has 0 fully saturated rings. The highest BCUT2D eigenvalue weighted by Gasteiger charge is 2.22. The highest BCUT2D eigenvalue weighted by molar-refractivity contribution is 6.32. The number of pyridine rings is 1. The fraction of sp³-hybridized carbons (Fsp3) is 0.136. The summed E-state index contributed by atoms with van der Waals surface area (Å²) >= 11 is 6.20. The number of hydrogen-bond acceptors (Lipinski definition) is 6. The molecule has 0 aliphatic heterocycles. The lowest BCUT2D eigenvalue weighted by Crippen LogP contribution is -2.14. The van der Waals surface area contributed by atoms with Crippen molar-refractivity contribution in [1.29, 1.82) is 0 Å². The molecule has 7 nitrogen and oxygen atoms in total. The number of aryl methyl sites for hydroxylation is 1. The van der Waals surface area contributed by atoms with Crippen molar-refractivity contribution >= 4 is 34.3 Å².